The summed E-state index contributed by atoms with van der Waals surface area (Å²) >= 11 is 0. The van der Waals surface area contributed by atoms with E-state index in [2.05, 4.69) is 0 Å². The first-order valence-corrected chi connectivity index (χ1v) is 8.82. The summed E-state index contributed by atoms with van der Waals surface area (Å²) in [5, 5.41) is 0. The quantitative estimate of drug-likeness (QED) is 0.833. The van der Waals surface area contributed by atoms with Crippen molar-refractivity contribution in [1.29, 1.82) is 0 Å². The third-order valence-corrected chi connectivity index (χ3v) is 5.14. The van der Waals surface area contributed by atoms with Crippen LogP contribution in [0, 0.1) is 11.8 Å². The highest BCUT2D eigenvalue weighted by Crippen LogP contribution is 2.28. The van der Waals surface area contributed by atoms with Crippen LogP contribution in [0.15, 0.2) is 30.3 Å². The average molecular weight is 343 g/mol. The van der Waals surface area contributed by atoms with Crippen LogP contribution in [-0.4, -0.2) is 61.3 Å². The lowest BCUT2D eigenvalue weighted by Crippen LogP contribution is -2.45. The predicted octanol–water partition coefficient (Wildman–Crippen LogP) is 1.37. The maximum atomic E-state index is 12.8. The van der Waals surface area contributed by atoms with Gasteiger partial charge in [0.2, 0.25) is 17.7 Å². The molecule has 6 nitrogen and oxygen atoms in total. The molecule has 6 heteroatoms. The second kappa shape index (κ2) is 7.25. The van der Waals surface area contributed by atoms with Gasteiger partial charge >= 0.3 is 0 Å². The molecule has 2 heterocycles. The molecule has 2 saturated heterocycles. The second-order valence-electron chi connectivity index (χ2n) is 7.07. The molecule has 0 aliphatic carbocycles. The first-order valence-electron chi connectivity index (χ1n) is 8.82. The minimum atomic E-state index is -0.284. The summed E-state index contributed by atoms with van der Waals surface area (Å²) < 4.78 is 0. The Balaban J connectivity index is 1.58. The van der Waals surface area contributed by atoms with Crippen LogP contribution >= 0.6 is 0 Å². The Bertz CT molecular complexity index is 651. The van der Waals surface area contributed by atoms with Crippen LogP contribution < -0.4 is 4.90 Å². The van der Waals surface area contributed by atoms with Crippen molar-refractivity contribution in [3.05, 3.63) is 30.3 Å². The van der Waals surface area contributed by atoms with E-state index in [1.165, 1.54) is 0 Å². The monoisotopic (exact) mass is 343 g/mol. The molecule has 25 heavy (non-hydrogen) atoms. The fourth-order valence-corrected chi connectivity index (χ4v) is 3.70. The Labute approximate surface area is 148 Å². The molecule has 3 rings (SSSR count). The van der Waals surface area contributed by atoms with E-state index in [4.69, 9.17) is 0 Å². The van der Waals surface area contributed by atoms with Crippen LogP contribution in [0.3, 0.4) is 0 Å². The maximum absolute atomic E-state index is 12.8. The lowest BCUT2D eigenvalue weighted by Gasteiger charge is -2.33. The van der Waals surface area contributed by atoms with Crippen molar-refractivity contribution in [3.63, 3.8) is 0 Å². The van der Waals surface area contributed by atoms with E-state index in [0.29, 0.717) is 32.5 Å². The number of piperidine rings is 1. The number of carbonyl (C=O) groups excluding carboxylic acids is 3. The van der Waals surface area contributed by atoms with Crippen molar-refractivity contribution in [2.24, 2.45) is 11.8 Å². The number of rotatable bonds is 3. The normalized spacial score (nSPS) is 21.5. The summed E-state index contributed by atoms with van der Waals surface area (Å²) in [5.41, 5.74) is 0.845. The van der Waals surface area contributed by atoms with Crippen LogP contribution in [0.25, 0.3) is 0 Å². The molecule has 1 aromatic rings. The number of nitrogens with zero attached hydrogens (tertiary/aromatic N) is 3. The summed E-state index contributed by atoms with van der Waals surface area (Å²) in [7, 11) is 3.53. The molecule has 0 bridgehead atoms. The minimum absolute atomic E-state index is 0.00206. The minimum Gasteiger partial charge on any atom is -0.349 e. The van der Waals surface area contributed by atoms with Gasteiger partial charge in [0.15, 0.2) is 0 Å². The summed E-state index contributed by atoms with van der Waals surface area (Å²) in [5.74, 6) is -0.0953. The number of para-hydroxylation sites is 1. The summed E-state index contributed by atoms with van der Waals surface area (Å²) in [4.78, 5) is 42.3. The zero-order valence-corrected chi connectivity index (χ0v) is 14.9. The zero-order chi connectivity index (χ0) is 18.0. The molecule has 1 unspecified atom stereocenters. The molecular weight excluding hydrogens is 318 g/mol. The van der Waals surface area contributed by atoms with Crippen LogP contribution in [0.5, 0.6) is 0 Å². The molecule has 0 aromatic heterocycles. The van der Waals surface area contributed by atoms with Gasteiger partial charge in [0, 0.05) is 51.8 Å². The molecule has 2 aliphatic rings. The van der Waals surface area contributed by atoms with Gasteiger partial charge in [-0.2, -0.15) is 0 Å². The van der Waals surface area contributed by atoms with Gasteiger partial charge in [-0.05, 0) is 25.0 Å². The van der Waals surface area contributed by atoms with E-state index in [1.54, 1.807) is 23.9 Å². The van der Waals surface area contributed by atoms with Gasteiger partial charge in [0.1, 0.15) is 0 Å². The highest BCUT2D eigenvalue weighted by atomic mass is 16.2. The molecule has 0 saturated carbocycles. The van der Waals surface area contributed by atoms with Gasteiger partial charge in [-0.1, -0.05) is 18.2 Å². The number of benzene rings is 1. The Hall–Kier alpha value is -2.37. The van der Waals surface area contributed by atoms with Crippen LogP contribution in [0.4, 0.5) is 5.69 Å². The predicted molar refractivity (Wildman–Crippen MR) is 94.9 cm³/mol. The third-order valence-electron chi connectivity index (χ3n) is 5.14. The Morgan fingerprint density at radius 3 is 2.28 bits per heavy atom. The van der Waals surface area contributed by atoms with E-state index >= 15 is 0 Å². The highest BCUT2D eigenvalue weighted by molar-refractivity contribution is 6.00. The van der Waals surface area contributed by atoms with E-state index in [1.807, 2.05) is 35.2 Å². The van der Waals surface area contributed by atoms with E-state index < -0.39 is 0 Å². The SMILES string of the molecule is CN(C)C(=O)C1CCN(C(=O)C2CC(=O)N(c3ccccc3)C2)CC1. The van der Waals surface area contributed by atoms with Crippen molar-refractivity contribution >= 4 is 23.4 Å². The lowest BCUT2D eigenvalue weighted by atomic mass is 9.94. The third kappa shape index (κ3) is 3.67. The van der Waals surface area contributed by atoms with E-state index in [0.717, 1.165) is 5.69 Å². The number of hydrogen-bond donors (Lipinski definition) is 0. The van der Waals surface area contributed by atoms with Crippen LogP contribution in [-0.2, 0) is 14.4 Å². The summed E-state index contributed by atoms with van der Waals surface area (Å²) in [6.45, 7) is 1.64. The largest absolute Gasteiger partial charge is 0.349 e. The Morgan fingerprint density at radius 1 is 1.04 bits per heavy atom. The Kier molecular flexibility index (Phi) is 5.06. The molecule has 134 valence electrons. The van der Waals surface area contributed by atoms with E-state index in [-0.39, 0.29) is 36.0 Å². The van der Waals surface area contributed by atoms with Crippen molar-refractivity contribution in [2.75, 3.05) is 38.6 Å². The number of amides is 3. The molecule has 2 fully saturated rings. The molecule has 1 aromatic carbocycles. The van der Waals surface area contributed by atoms with E-state index in [9.17, 15) is 14.4 Å². The Morgan fingerprint density at radius 2 is 1.68 bits per heavy atom. The maximum Gasteiger partial charge on any atom is 0.228 e. The molecule has 2 aliphatic heterocycles. The van der Waals surface area contributed by atoms with Crippen molar-refractivity contribution in [1.82, 2.24) is 9.80 Å². The van der Waals surface area contributed by atoms with Crippen molar-refractivity contribution in [3.8, 4) is 0 Å². The smallest absolute Gasteiger partial charge is 0.228 e. The standard InChI is InChI=1S/C19H25N3O3/c1-20(2)18(24)14-8-10-21(11-9-14)19(25)15-12-17(23)22(13-15)16-6-4-3-5-7-16/h3-7,14-15H,8-13H2,1-2H3. The number of carbonyl (C=O) groups is 3. The van der Waals surface area contributed by atoms with Crippen LogP contribution in [0.1, 0.15) is 19.3 Å². The van der Waals surface area contributed by atoms with Crippen LogP contribution in [0.2, 0.25) is 0 Å². The topological polar surface area (TPSA) is 60.9 Å². The van der Waals surface area contributed by atoms with Crippen molar-refractivity contribution in [2.45, 2.75) is 19.3 Å². The van der Waals surface area contributed by atoms with Gasteiger partial charge < -0.3 is 14.7 Å². The lowest BCUT2D eigenvalue weighted by molar-refractivity contribution is -0.141. The molecule has 3 amide bonds. The zero-order valence-electron chi connectivity index (χ0n) is 14.9. The molecule has 1 atom stereocenters. The number of likely N-dealkylation sites (tertiary alicyclic amines) is 1. The first-order chi connectivity index (χ1) is 12.0. The van der Waals surface area contributed by atoms with Gasteiger partial charge in [-0.15, -0.1) is 0 Å². The van der Waals surface area contributed by atoms with Gasteiger partial charge in [-0.25, -0.2) is 0 Å². The summed E-state index contributed by atoms with van der Waals surface area (Å²) in [6, 6.07) is 9.48. The number of hydrogen-bond acceptors (Lipinski definition) is 3. The van der Waals surface area contributed by atoms with Gasteiger partial charge in [-0.3, -0.25) is 14.4 Å². The molecular formula is C19H25N3O3. The second-order valence-corrected chi connectivity index (χ2v) is 7.07. The number of anilines is 1. The molecule has 0 radical (unpaired) electrons. The van der Waals surface area contributed by atoms with Crippen molar-refractivity contribution < 1.29 is 14.4 Å². The average Bonchev–Trinajstić information content (AvgIpc) is 3.03. The van der Waals surface area contributed by atoms with Gasteiger partial charge in [0.05, 0.1) is 5.92 Å². The molecule has 0 spiro atoms. The first kappa shape index (κ1) is 17.5. The highest BCUT2D eigenvalue weighted by Gasteiger charge is 2.38. The van der Waals surface area contributed by atoms with Gasteiger partial charge in [0.25, 0.3) is 0 Å². The fourth-order valence-electron chi connectivity index (χ4n) is 3.70. The molecule has 0 N–H and O–H groups in total. The summed E-state index contributed by atoms with van der Waals surface area (Å²) in [6.07, 6.45) is 1.67. The fraction of sp³-hybridized carbons (Fsp3) is 0.526.